The van der Waals surface area contributed by atoms with Crippen molar-refractivity contribution in [2.24, 2.45) is 5.41 Å². The number of nitrogens with one attached hydrogen (secondary N) is 1. The first-order valence-corrected chi connectivity index (χ1v) is 10.4. The monoisotopic (exact) mass is 327 g/mol. The van der Waals surface area contributed by atoms with Gasteiger partial charge in [-0.05, 0) is 25.7 Å². The van der Waals surface area contributed by atoms with Crippen molar-refractivity contribution in [2.45, 2.75) is 44.8 Å². The number of aliphatic hydroxyl groups is 1. The molecule has 0 atom stereocenters. The first-order valence-electron chi connectivity index (χ1n) is 7.00. The minimum Gasteiger partial charge on any atom is -0.396 e. The van der Waals surface area contributed by atoms with E-state index >= 15 is 0 Å². The molecule has 1 saturated heterocycles. The van der Waals surface area contributed by atoms with E-state index in [9.17, 15) is 21.9 Å². The van der Waals surface area contributed by atoms with Crippen LogP contribution < -0.4 is 4.72 Å². The molecule has 1 aliphatic heterocycles. The molecule has 0 amide bonds. The second-order valence-electron chi connectivity index (χ2n) is 5.58. The second kappa shape index (κ2) is 6.72. The van der Waals surface area contributed by atoms with E-state index in [1.807, 2.05) is 13.8 Å². The molecule has 0 aromatic rings. The van der Waals surface area contributed by atoms with Gasteiger partial charge in [0.1, 0.15) is 9.84 Å². The van der Waals surface area contributed by atoms with Gasteiger partial charge < -0.3 is 5.11 Å². The molecule has 0 spiro atoms. The fraction of sp³-hybridized carbons (Fsp3) is 1.00. The standard InChI is InChI=1S/C12H25NO5S2/c1-3-12(4-2,10-14)9-13-20(17,18)11-5-7-19(15,16)8-6-11/h11,13-14H,3-10H2,1-2H3. The molecule has 0 aliphatic carbocycles. The molecule has 0 saturated carbocycles. The SMILES string of the molecule is CCC(CC)(CO)CNS(=O)(=O)C1CCS(=O)(=O)CC1. The summed E-state index contributed by atoms with van der Waals surface area (Å²) in [6.45, 7) is 3.96. The van der Waals surface area contributed by atoms with Gasteiger partial charge in [0.2, 0.25) is 10.0 Å². The lowest BCUT2D eigenvalue weighted by atomic mass is 9.84. The Balaban J connectivity index is 2.67. The molecule has 1 rings (SSSR count). The van der Waals surface area contributed by atoms with Crippen molar-refractivity contribution in [3.63, 3.8) is 0 Å². The lowest BCUT2D eigenvalue weighted by molar-refractivity contribution is 0.119. The van der Waals surface area contributed by atoms with Crippen molar-refractivity contribution < 1.29 is 21.9 Å². The molecule has 6 nitrogen and oxygen atoms in total. The minimum absolute atomic E-state index is 0.0642. The van der Waals surface area contributed by atoms with E-state index in [1.165, 1.54) is 0 Å². The average Bonchev–Trinajstić information content (AvgIpc) is 2.40. The molecule has 1 fully saturated rings. The van der Waals surface area contributed by atoms with Crippen LogP contribution >= 0.6 is 0 Å². The first-order chi connectivity index (χ1) is 9.20. The maximum absolute atomic E-state index is 12.2. The van der Waals surface area contributed by atoms with Gasteiger partial charge in [0.15, 0.2) is 0 Å². The van der Waals surface area contributed by atoms with Crippen LogP contribution in [0, 0.1) is 5.41 Å². The summed E-state index contributed by atoms with van der Waals surface area (Å²) < 4.78 is 49.6. The van der Waals surface area contributed by atoms with Crippen LogP contribution in [-0.2, 0) is 19.9 Å². The average molecular weight is 327 g/mol. The number of sulfone groups is 1. The highest BCUT2D eigenvalue weighted by molar-refractivity contribution is 7.92. The van der Waals surface area contributed by atoms with Gasteiger partial charge in [0, 0.05) is 18.6 Å². The second-order valence-corrected chi connectivity index (χ2v) is 9.93. The van der Waals surface area contributed by atoms with Crippen molar-refractivity contribution in [3.8, 4) is 0 Å². The molecule has 1 heterocycles. The third-order valence-electron chi connectivity index (χ3n) is 4.42. The number of aliphatic hydroxyl groups excluding tert-OH is 1. The van der Waals surface area contributed by atoms with Gasteiger partial charge >= 0.3 is 0 Å². The first kappa shape index (κ1) is 17.9. The summed E-state index contributed by atoms with van der Waals surface area (Å²) in [5.41, 5.74) is -0.437. The number of hydrogen-bond acceptors (Lipinski definition) is 5. The molecular formula is C12H25NO5S2. The Kier molecular flexibility index (Phi) is 6.01. The highest BCUT2D eigenvalue weighted by Gasteiger charge is 2.34. The van der Waals surface area contributed by atoms with Crippen LogP contribution in [0.4, 0.5) is 0 Å². The smallest absolute Gasteiger partial charge is 0.214 e. The molecule has 0 unspecified atom stereocenters. The van der Waals surface area contributed by atoms with Crippen LogP contribution in [0.25, 0.3) is 0 Å². The van der Waals surface area contributed by atoms with Crippen LogP contribution in [0.2, 0.25) is 0 Å². The largest absolute Gasteiger partial charge is 0.396 e. The van der Waals surface area contributed by atoms with Gasteiger partial charge in [0.05, 0.1) is 16.8 Å². The highest BCUT2D eigenvalue weighted by Crippen LogP contribution is 2.26. The third kappa shape index (κ3) is 4.41. The molecule has 20 heavy (non-hydrogen) atoms. The fourth-order valence-corrected chi connectivity index (χ4v) is 5.72. The zero-order valence-corrected chi connectivity index (χ0v) is 13.8. The van der Waals surface area contributed by atoms with E-state index in [-0.39, 0.29) is 37.5 Å². The van der Waals surface area contributed by atoms with E-state index in [1.54, 1.807) is 0 Å². The Hall–Kier alpha value is -0.180. The van der Waals surface area contributed by atoms with Crippen LogP contribution in [0.15, 0.2) is 0 Å². The Morgan fingerprint density at radius 1 is 1.20 bits per heavy atom. The summed E-state index contributed by atoms with van der Waals surface area (Å²) in [6, 6.07) is 0. The van der Waals surface area contributed by atoms with Crippen molar-refractivity contribution in [1.82, 2.24) is 4.72 Å². The minimum atomic E-state index is -3.52. The quantitative estimate of drug-likeness (QED) is 0.699. The van der Waals surface area contributed by atoms with E-state index in [4.69, 9.17) is 0 Å². The summed E-state index contributed by atoms with van der Waals surface area (Å²) in [5.74, 6) is -0.128. The van der Waals surface area contributed by atoms with E-state index in [2.05, 4.69) is 4.72 Å². The molecule has 0 bridgehead atoms. The summed E-state index contributed by atoms with van der Waals surface area (Å²) in [5, 5.41) is 8.80. The Morgan fingerprint density at radius 3 is 2.10 bits per heavy atom. The molecule has 0 aromatic carbocycles. The van der Waals surface area contributed by atoms with Crippen LogP contribution in [0.5, 0.6) is 0 Å². The highest BCUT2D eigenvalue weighted by atomic mass is 32.2. The van der Waals surface area contributed by atoms with E-state index in [0.717, 1.165) is 0 Å². The summed E-state index contributed by atoms with van der Waals surface area (Å²) in [7, 11) is -6.59. The Morgan fingerprint density at radius 2 is 1.70 bits per heavy atom. The molecule has 2 N–H and O–H groups in total. The normalized spacial score (nSPS) is 20.9. The molecule has 8 heteroatoms. The maximum atomic E-state index is 12.2. The summed E-state index contributed by atoms with van der Waals surface area (Å²) in [4.78, 5) is 0. The molecular weight excluding hydrogens is 302 g/mol. The van der Waals surface area contributed by atoms with Gasteiger partial charge in [-0.2, -0.15) is 0 Å². The van der Waals surface area contributed by atoms with Crippen LogP contribution in [-0.4, -0.2) is 51.8 Å². The van der Waals surface area contributed by atoms with Crippen molar-refractivity contribution in [3.05, 3.63) is 0 Å². The molecule has 1 aliphatic rings. The van der Waals surface area contributed by atoms with Gasteiger partial charge in [-0.3, -0.25) is 0 Å². The number of hydrogen-bond donors (Lipinski definition) is 2. The Labute approximate surface area is 121 Å². The molecule has 0 aromatic heterocycles. The van der Waals surface area contributed by atoms with Gasteiger partial charge in [-0.25, -0.2) is 21.6 Å². The van der Waals surface area contributed by atoms with Crippen LogP contribution in [0.1, 0.15) is 39.5 Å². The molecule has 0 radical (unpaired) electrons. The van der Waals surface area contributed by atoms with Crippen molar-refractivity contribution in [1.29, 1.82) is 0 Å². The zero-order chi connectivity index (χ0) is 15.4. The van der Waals surface area contributed by atoms with Crippen molar-refractivity contribution >= 4 is 19.9 Å². The fourth-order valence-electron chi connectivity index (χ4n) is 2.33. The zero-order valence-electron chi connectivity index (χ0n) is 12.1. The lowest BCUT2D eigenvalue weighted by Gasteiger charge is -2.31. The Bertz CT molecular complexity index is 486. The van der Waals surface area contributed by atoms with Gasteiger partial charge in [-0.1, -0.05) is 13.8 Å². The van der Waals surface area contributed by atoms with E-state index < -0.39 is 30.5 Å². The van der Waals surface area contributed by atoms with E-state index in [0.29, 0.717) is 12.8 Å². The molecule has 120 valence electrons. The summed E-state index contributed by atoms with van der Waals surface area (Å²) in [6.07, 6.45) is 1.67. The predicted molar refractivity (Wildman–Crippen MR) is 78.7 cm³/mol. The summed E-state index contributed by atoms with van der Waals surface area (Å²) >= 11 is 0. The predicted octanol–water partition coefficient (Wildman–Crippen LogP) is 0.282. The maximum Gasteiger partial charge on any atom is 0.214 e. The number of sulfonamides is 1. The lowest BCUT2D eigenvalue weighted by Crippen LogP contribution is -2.45. The van der Waals surface area contributed by atoms with Crippen molar-refractivity contribution in [2.75, 3.05) is 24.7 Å². The van der Waals surface area contributed by atoms with Crippen LogP contribution in [0.3, 0.4) is 0 Å². The van der Waals surface area contributed by atoms with Gasteiger partial charge in [-0.15, -0.1) is 0 Å². The number of rotatable bonds is 7. The van der Waals surface area contributed by atoms with Gasteiger partial charge in [0.25, 0.3) is 0 Å². The topological polar surface area (TPSA) is 101 Å². The third-order valence-corrected chi connectivity index (χ3v) is 8.04.